The van der Waals surface area contributed by atoms with Gasteiger partial charge in [0.15, 0.2) is 5.82 Å². The van der Waals surface area contributed by atoms with Crippen molar-refractivity contribution in [2.75, 3.05) is 14.2 Å². The molecule has 8 nitrogen and oxygen atoms in total. The van der Waals surface area contributed by atoms with Crippen LogP contribution in [0, 0.1) is 0 Å². The van der Waals surface area contributed by atoms with Crippen LogP contribution in [0.2, 0.25) is 5.02 Å². The number of halogens is 1. The Kier molecular flexibility index (Phi) is 6.90. The van der Waals surface area contributed by atoms with E-state index in [2.05, 4.69) is 10.1 Å². The quantitative estimate of drug-likeness (QED) is 0.257. The maximum Gasteiger partial charge on any atom is 0.291 e. The van der Waals surface area contributed by atoms with Crippen LogP contribution in [0.15, 0.2) is 83.8 Å². The lowest BCUT2D eigenvalue weighted by Gasteiger charge is -2.05. The second kappa shape index (κ2) is 10.8. The van der Waals surface area contributed by atoms with E-state index >= 15 is 0 Å². The highest BCUT2D eigenvalue weighted by atomic mass is 35.5. The molecule has 0 fully saturated rings. The van der Waals surface area contributed by atoms with Gasteiger partial charge < -0.3 is 9.47 Å². The van der Waals surface area contributed by atoms with Gasteiger partial charge in [0.25, 0.3) is 5.56 Å². The Morgan fingerprint density at radius 3 is 2.42 bits per heavy atom. The van der Waals surface area contributed by atoms with Gasteiger partial charge in [-0.05, 0) is 60.2 Å². The summed E-state index contributed by atoms with van der Waals surface area (Å²) in [5.74, 6) is 1.81. The Hall–Kier alpha value is -4.73. The third kappa shape index (κ3) is 5.00. The summed E-state index contributed by atoms with van der Waals surface area (Å²) in [6.07, 6.45) is 7.37. The lowest BCUT2D eigenvalue weighted by Crippen LogP contribution is -2.23. The molecule has 0 amide bonds. The molecule has 0 spiro atoms. The van der Waals surface area contributed by atoms with Gasteiger partial charge in [0.05, 0.1) is 29.5 Å². The molecule has 3 aromatic carbocycles. The molecular formula is C30H22ClN5O3S. The van der Waals surface area contributed by atoms with Gasteiger partial charge in [-0.3, -0.25) is 4.79 Å². The van der Waals surface area contributed by atoms with E-state index in [1.165, 1.54) is 15.9 Å². The van der Waals surface area contributed by atoms with Gasteiger partial charge in [0, 0.05) is 17.3 Å². The van der Waals surface area contributed by atoms with Crippen LogP contribution in [0.1, 0.15) is 17.0 Å². The fourth-order valence-electron chi connectivity index (χ4n) is 4.19. The molecule has 0 radical (unpaired) electrons. The molecule has 3 heterocycles. The van der Waals surface area contributed by atoms with Crippen molar-refractivity contribution in [1.82, 2.24) is 24.4 Å². The molecule has 0 unspecified atom stereocenters. The number of hydrogen-bond acceptors (Lipinski definition) is 7. The number of thiazole rings is 1. The van der Waals surface area contributed by atoms with E-state index < -0.39 is 0 Å². The summed E-state index contributed by atoms with van der Waals surface area (Å²) in [4.78, 5) is 18.3. The molecule has 0 aliphatic heterocycles. The minimum atomic E-state index is -0.247. The minimum absolute atomic E-state index is 0.247. The fourth-order valence-corrected chi connectivity index (χ4v) is 5.35. The zero-order chi connectivity index (χ0) is 27.6. The number of rotatable bonds is 7. The van der Waals surface area contributed by atoms with Gasteiger partial charge in [0.1, 0.15) is 17.2 Å². The summed E-state index contributed by atoms with van der Waals surface area (Å²) in [5.41, 5.74) is 3.84. The highest BCUT2D eigenvalue weighted by molar-refractivity contribution is 7.15. The van der Waals surface area contributed by atoms with Crippen LogP contribution in [0.25, 0.3) is 40.1 Å². The number of hydrogen-bond donors (Lipinski definition) is 0. The number of aromatic nitrogens is 5. The van der Waals surface area contributed by atoms with Gasteiger partial charge >= 0.3 is 0 Å². The van der Waals surface area contributed by atoms with E-state index in [1.54, 1.807) is 37.1 Å². The van der Waals surface area contributed by atoms with Gasteiger partial charge in [0.2, 0.25) is 4.96 Å². The van der Waals surface area contributed by atoms with Gasteiger partial charge in [-0.15, -0.1) is 5.10 Å². The smallest absolute Gasteiger partial charge is 0.291 e. The van der Waals surface area contributed by atoms with Crippen molar-refractivity contribution >= 4 is 46.1 Å². The molecule has 0 aliphatic carbocycles. The molecular weight excluding hydrogens is 546 g/mol. The molecule has 3 aromatic heterocycles. The monoisotopic (exact) mass is 567 g/mol. The number of benzene rings is 3. The minimum Gasteiger partial charge on any atom is -0.497 e. The highest BCUT2D eigenvalue weighted by Crippen LogP contribution is 2.32. The third-order valence-corrected chi connectivity index (χ3v) is 7.47. The second-order valence-corrected chi connectivity index (χ2v) is 10.2. The largest absolute Gasteiger partial charge is 0.497 e. The van der Waals surface area contributed by atoms with Crippen molar-refractivity contribution in [2.24, 2.45) is 0 Å². The molecule has 0 bridgehead atoms. The van der Waals surface area contributed by atoms with Crippen LogP contribution in [-0.4, -0.2) is 38.6 Å². The molecule has 10 heteroatoms. The summed E-state index contributed by atoms with van der Waals surface area (Å²) in [6, 6.07) is 22.9. The van der Waals surface area contributed by atoms with E-state index in [0.29, 0.717) is 31.8 Å². The topological polar surface area (TPSA) is 83.5 Å². The maximum atomic E-state index is 13.3. The van der Waals surface area contributed by atoms with Crippen LogP contribution < -0.4 is 19.6 Å². The molecule has 198 valence electrons. The Balaban J connectivity index is 1.39. The SMILES string of the molecule is COc1ccc(/C=C/c2nc3s/c(=C\c4cn(-c5ccccc5)nc4-c4ccc(OC)c(Cl)c4)c(=O)n3n2)cc1. The molecule has 0 saturated carbocycles. The maximum absolute atomic E-state index is 13.3. The van der Waals surface area contributed by atoms with Gasteiger partial charge in [-0.1, -0.05) is 59.3 Å². The zero-order valence-electron chi connectivity index (χ0n) is 21.5. The zero-order valence-corrected chi connectivity index (χ0v) is 23.1. The lowest BCUT2D eigenvalue weighted by molar-refractivity contribution is 0.415. The summed E-state index contributed by atoms with van der Waals surface area (Å²) in [7, 11) is 3.20. The van der Waals surface area contributed by atoms with Crippen LogP contribution in [-0.2, 0) is 0 Å². The van der Waals surface area contributed by atoms with Crippen LogP contribution in [0.4, 0.5) is 0 Å². The molecule has 40 heavy (non-hydrogen) atoms. The summed E-state index contributed by atoms with van der Waals surface area (Å²) >= 11 is 7.70. The first-order valence-corrected chi connectivity index (χ1v) is 13.4. The number of fused-ring (bicyclic) bond motifs is 1. The Morgan fingerprint density at radius 2 is 1.73 bits per heavy atom. The third-order valence-electron chi connectivity index (χ3n) is 6.21. The Morgan fingerprint density at radius 1 is 0.925 bits per heavy atom. The van der Waals surface area contributed by atoms with E-state index in [1.807, 2.05) is 79.0 Å². The number of methoxy groups -OCH3 is 2. The van der Waals surface area contributed by atoms with Crippen molar-refractivity contribution in [2.45, 2.75) is 0 Å². The molecule has 6 rings (SSSR count). The van der Waals surface area contributed by atoms with Gasteiger partial charge in [-0.2, -0.15) is 14.6 Å². The molecule has 6 aromatic rings. The molecule has 0 saturated heterocycles. The molecule has 0 N–H and O–H groups in total. The van der Waals surface area contributed by atoms with Crippen molar-refractivity contribution in [3.05, 3.63) is 116 Å². The first-order chi connectivity index (χ1) is 19.5. The van der Waals surface area contributed by atoms with E-state index in [0.717, 1.165) is 28.1 Å². The summed E-state index contributed by atoms with van der Waals surface area (Å²) < 4.78 is 14.1. The highest BCUT2D eigenvalue weighted by Gasteiger charge is 2.15. The average molecular weight is 568 g/mol. The van der Waals surface area contributed by atoms with Crippen molar-refractivity contribution in [1.29, 1.82) is 0 Å². The first kappa shape index (κ1) is 25.5. The van der Waals surface area contributed by atoms with Gasteiger partial charge in [-0.25, -0.2) is 4.68 Å². The number of nitrogens with zero attached hydrogens (tertiary/aromatic N) is 5. The van der Waals surface area contributed by atoms with Crippen molar-refractivity contribution < 1.29 is 9.47 Å². The van der Waals surface area contributed by atoms with Crippen LogP contribution >= 0.6 is 22.9 Å². The molecule has 0 aliphatic rings. The normalized spacial score (nSPS) is 12.0. The summed E-state index contributed by atoms with van der Waals surface area (Å²) in [5, 5.41) is 9.70. The lowest BCUT2D eigenvalue weighted by atomic mass is 10.1. The van der Waals surface area contributed by atoms with E-state index in [-0.39, 0.29) is 5.56 Å². The Bertz CT molecular complexity index is 1960. The van der Waals surface area contributed by atoms with Crippen molar-refractivity contribution in [3.63, 3.8) is 0 Å². The van der Waals surface area contributed by atoms with Crippen LogP contribution in [0.3, 0.4) is 0 Å². The first-order valence-electron chi connectivity index (χ1n) is 12.2. The van der Waals surface area contributed by atoms with E-state index in [9.17, 15) is 4.79 Å². The fraction of sp³-hybridized carbons (Fsp3) is 0.0667. The standard InChI is InChI=1S/C30H22ClN5O3S/c1-38-23-12-8-19(9-13-23)10-15-27-32-30-36(33-27)29(37)26(40-30)17-21-18-35(22-6-4-3-5-7-22)34-28(21)20-11-14-25(39-2)24(31)16-20/h3-18H,1-2H3/b15-10+,26-17-. The summed E-state index contributed by atoms with van der Waals surface area (Å²) in [6.45, 7) is 0. The predicted molar refractivity (Wildman–Crippen MR) is 158 cm³/mol. The predicted octanol–water partition coefficient (Wildman–Crippen LogP) is 5.39. The van der Waals surface area contributed by atoms with E-state index in [4.69, 9.17) is 26.2 Å². The number of ether oxygens (including phenoxy) is 2. The molecule has 0 atom stereocenters. The average Bonchev–Trinajstić information content (AvgIpc) is 3.67. The number of para-hydroxylation sites is 1. The van der Waals surface area contributed by atoms with Crippen molar-refractivity contribution in [3.8, 4) is 28.4 Å². The Labute approximate surface area is 238 Å². The second-order valence-electron chi connectivity index (χ2n) is 8.75. The van der Waals surface area contributed by atoms with Crippen LogP contribution in [0.5, 0.6) is 11.5 Å².